The maximum atomic E-state index is 11.2. The number of fused-ring (bicyclic) bond motifs is 5. The van der Waals surface area contributed by atoms with E-state index in [9.17, 15) is 11.7 Å². The highest BCUT2D eigenvalue weighted by Crippen LogP contribution is 2.66. The first-order chi connectivity index (χ1) is 13.8. The van der Waals surface area contributed by atoms with Gasteiger partial charge in [0, 0.05) is 12.3 Å². The molecule has 0 aromatic carbocycles. The molecule has 130 valence electrons. The number of aliphatic hydroxyl groups is 1. The van der Waals surface area contributed by atoms with Gasteiger partial charge in [-0.2, -0.15) is 0 Å². The number of nitrogens with zero attached hydrogens (tertiary/aromatic N) is 1. The quantitative estimate of drug-likeness (QED) is 0.430. The fourth-order valence-electron chi connectivity index (χ4n) is 6.05. The summed E-state index contributed by atoms with van der Waals surface area (Å²) in [5.74, 6) is 0.408. The van der Waals surface area contributed by atoms with Crippen LogP contribution in [-0.2, 0) is 0 Å². The monoisotopic (exact) mass is 333 g/mol. The molecule has 2 N–H and O–H groups in total. The second-order valence-corrected chi connectivity index (χ2v) is 7.68. The van der Waals surface area contributed by atoms with Crippen LogP contribution in [0.3, 0.4) is 0 Å². The van der Waals surface area contributed by atoms with Crippen LogP contribution in [0, 0.1) is 41.4 Å². The molecular formula is C21H29NO2. The summed E-state index contributed by atoms with van der Waals surface area (Å²) < 4.78 is 51.9. The first kappa shape index (κ1) is 10.7. The molecule has 4 aliphatic carbocycles. The van der Waals surface area contributed by atoms with Gasteiger partial charge in [-0.05, 0) is 87.4 Å². The lowest BCUT2D eigenvalue weighted by atomic mass is 9.49. The Morgan fingerprint density at radius 3 is 2.92 bits per heavy atom. The van der Waals surface area contributed by atoms with Crippen molar-refractivity contribution in [3.63, 3.8) is 0 Å². The molecule has 0 bridgehead atoms. The molecule has 4 aliphatic rings. The van der Waals surface area contributed by atoms with Crippen LogP contribution < -0.4 is 0 Å². The van der Waals surface area contributed by atoms with E-state index < -0.39 is 41.4 Å². The first-order valence-electron chi connectivity index (χ1n) is 12.0. The van der Waals surface area contributed by atoms with Crippen molar-refractivity contribution < 1.29 is 18.5 Å². The van der Waals surface area contributed by atoms with Gasteiger partial charge in [-0.15, -0.1) is 6.42 Å². The van der Waals surface area contributed by atoms with Crippen molar-refractivity contribution in [2.45, 2.75) is 70.2 Å². The number of hydrogen-bond acceptors (Lipinski definition) is 3. The summed E-state index contributed by atoms with van der Waals surface area (Å²) in [4.78, 5) is 0. The molecule has 0 heterocycles. The minimum Gasteiger partial charge on any atom is -0.411 e. The van der Waals surface area contributed by atoms with Gasteiger partial charge in [0.2, 0.25) is 0 Å². The second kappa shape index (κ2) is 5.63. The lowest BCUT2D eigenvalue weighted by Gasteiger charge is -2.56. The van der Waals surface area contributed by atoms with Crippen molar-refractivity contribution in [2.24, 2.45) is 34.2 Å². The Balaban J connectivity index is 1.87. The standard InChI is InChI=1S/C21H29NO2/c1-3-20-11-9-17-16-8-6-15(22-24)13-14(16)5-7-18(17)19(20)10-12-21(20,23)4-2/h2,13,16-19,23-24H,3,5-12H2,1H3/t16-,17?,18+,19?,20-,21-/m0/s1/i5D2,6D2,13D,16D. The topological polar surface area (TPSA) is 52.8 Å². The van der Waals surface area contributed by atoms with Gasteiger partial charge in [0.05, 0.1) is 7.08 Å². The van der Waals surface area contributed by atoms with Crippen LogP contribution in [0.1, 0.15) is 72.8 Å². The summed E-state index contributed by atoms with van der Waals surface area (Å²) >= 11 is 0. The maximum absolute atomic E-state index is 11.2. The number of oxime groups is 1. The molecule has 0 aromatic rings. The Morgan fingerprint density at radius 1 is 1.38 bits per heavy atom. The van der Waals surface area contributed by atoms with Crippen LogP contribution in [0.25, 0.3) is 0 Å². The maximum Gasteiger partial charge on any atom is 0.131 e. The fourth-order valence-corrected chi connectivity index (χ4v) is 6.05. The summed E-state index contributed by atoms with van der Waals surface area (Å²) in [6, 6.07) is -0.480. The molecular weight excluding hydrogens is 298 g/mol. The number of terminal acetylenes is 1. The van der Waals surface area contributed by atoms with E-state index >= 15 is 0 Å². The predicted octanol–water partition coefficient (Wildman–Crippen LogP) is 4.14. The molecule has 0 amide bonds. The molecule has 0 spiro atoms. The molecule has 3 heteroatoms. The third-order valence-electron chi connectivity index (χ3n) is 7.23. The normalized spacial score (nSPS) is 60.2. The van der Waals surface area contributed by atoms with Crippen LogP contribution in [0.5, 0.6) is 0 Å². The summed E-state index contributed by atoms with van der Waals surface area (Å²) in [5, 5.41) is 23.5. The molecule has 2 unspecified atom stereocenters. The van der Waals surface area contributed by atoms with E-state index in [2.05, 4.69) is 11.1 Å². The van der Waals surface area contributed by atoms with Gasteiger partial charge in [-0.1, -0.05) is 23.6 Å². The molecule has 0 radical (unpaired) electrons. The van der Waals surface area contributed by atoms with E-state index in [1.54, 1.807) is 0 Å². The molecule has 3 nitrogen and oxygen atoms in total. The largest absolute Gasteiger partial charge is 0.411 e. The molecule has 4 rings (SSSR count). The van der Waals surface area contributed by atoms with Crippen molar-refractivity contribution in [3.8, 4) is 12.3 Å². The number of rotatable bonds is 1. The van der Waals surface area contributed by atoms with E-state index in [0.29, 0.717) is 32.1 Å². The molecule has 3 fully saturated rings. The van der Waals surface area contributed by atoms with Crippen molar-refractivity contribution in [2.75, 3.05) is 0 Å². The van der Waals surface area contributed by atoms with Gasteiger partial charge in [0.1, 0.15) is 5.60 Å². The summed E-state index contributed by atoms with van der Waals surface area (Å²) in [6.45, 7) is 2.01. The smallest absolute Gasteiger partial charge is 0.131 e. The lowest BCUT2D eigenvalue weighted by molar-refractivity contribution is -0.0989. The van der Waals surface area contributed by atoms with E-state index in [0.717, 1.165) is 0 Å². The minimum absolute atomic E-state index is 0.0471. The molecule has 0 aliphatic heterocycles. The summed E-state index contributed by atoms with van der Waals surface area (Å²) in [6.07, 6.45) is 4.22. The van der Waals surface area contributed by atoms with Crippen molar-refractivity contribution in [1.29, 1.82) is 0 Å². The fraction of sp³-hybridized carbons (Fsp3) is 0.762. The highest BCUT2D eigenvalue weighted by Gasteiger charge is 2.63. The van der Waals surface area contributed by atoms with Crippen LogP contribution in [0.4, 0.5) is 0 Å². The molecule has 6 atom stereocenters. The third-order valence-corrected chi connectivity index (χ3v) is 7.23. The molecule has 24 heavy (non-hydrogen) atoms. The van der Waals surface area contributed by atoms with Crippen LogP contribution >= 0.6 is 0 Å². The highest BCUT2D eigenvalue weighted by molar-refractivity contribution is 5.96. The van der Waals surface area contributed by atoms with Gasteiger partial charge in [-0.3, -0.25) is 0 Å². The first-order valence-corrected chi connectivity index (χ1v) is 8.98. The summed E-state index contributed by atoms with van der Waals surface area (Å²) in [7, 11) is 0. The highest BCUT2D eigenvalue weighted by atomic mass is 16.4. The van der Waals surface area contributed by atoms with Gasteiger partial charge in [0.15, 0.2) is 0 Å². The number of allylic oxidation sites excluding steroid dienone is 2. The van der Waals surface area contributed by atoms with Gasteiger partial charge < -0.3 is 10.3 Å². The van der Waals surface area contributed by atoms with E-state index in [-0.39, 0.29) is 36.2 Å². The Morgan fingerprint density at radius 2 is 2.21 bits per heavy atom. The van der Waals surface area contributed by atoms with Crippen LogP contribution in [0.2, 0.25) is 0 Å². The van der Waals surface area contributed by atoms with Gasteiger partial charge in [0.25, 0.3) is 0 Å². The van der Waals surface area contributed by atoms with E-state index in [1.807, 2.05) is 6.92 Å². The second-order valence-electron chi connectivity index (χ2n) is 7.68. The van der Waals surface area contributed by atoms with E-state index in [1.165, 1.54) is 0 Å². The Hall–Kier alpha value is -1.27. The number of hydrogen-bond donors (Lipinski definition) is 2. The van der Waals surface area contributed by atoms with Crippen molar-refractivity contribution >= 4 is 5.71 Å². The molecule has 3 saturated carbocycles. The third kappa shape index (κ3) is 1.99. The Bertz CT molecular complexity index is 879. The molecule has 0 saturated heterocycles. The zero-order valence-electron chi connectivity index (χ0n) is 20.1. The zero-order chi connectivity index (χ0) is 22.3. The van der Waals surface area contributed by atoms with Gasteiger partial charge in [-0.25, -0.2) is 0 Å². The average Bonchev–Trinajstić information content (AvgIpc) is 2.94. The SMILES string of the molecule is [2H]C1=C2C([2H])([2H])C[C@H]3C4CC[C@@](O)(C#C)[C@@]4(CC)CCC3[C@@]2([2H])CC([2H])([2H])C1=NO. The zero-order valence-corrected chi connectivity index (χ0v) is 14.1. The Labute approximate surface area is 153 Å². The van der Waals surface area contributed by atoms with Gasteiger partial charge >= 0.3 is 0 Å². The average molecular weight is 334 g/mol. The minimum atomic E-state index is -2.19. The Kier molecular flexibility index (Phi) is 2.50. The van der Waals surface area contributed by atoms with Crippen molar-refractivity contribution in [3.05, 3.63) is 11.6 Å². The van der Waals surface area contributed by atoms with Crippen molar-refractivity contribution in [1.82, 2.24) is 0 Å². The molecule has 0 aromatic heterocycles. The van der Waals surface area contributed by atoms with E-state index in [4.69, 9.17) is 13.3 Å². The van der Waals surface area contributed by atoms with Crippen LogP contribution in [0.15, 0.2) is 16.8 Å². The lowest BCUT2D eigenvalue weighted by Crippen LogP contribution is -2.53. The summed E-state index contributed by atoms with van der Waals surface area (Å²) in [5.41, 5.74) is -2.32. The predicted molar refractivity (Wildman–Crippen MR) is 94.7 cm³/mol. The van der Waals surface area contributed by atoms with Crippen LogP contribution in [-0.4, -0.2) is 21.6 Å².